The van der Waals surface area contributed by atoms with Gasteiger partial charge in [0.15, 0.2) is 0 Å². The topological polar surface area (TPSA) is 45.5 Å². The van der Waals surface area contributed by atoms with E-state index in [0.717, 1.165) is 11.0 Å². The highest BCUT2D eigenvalue weighted by atomic mass is 79.9. The number of aromatic nitrogens is 1. The zero-order chi connectivity index (χ0) is 13.0. The van der Waals surface area contributed by atoms with Crippen molar-refractivity contribution in [3.63, 3.8) is 0 Å². The number of aryl methyl sites for hydroxylation is 1. The number of aliphatic hydroxyl groups excluding tert-OH is 1. The standard InChI is InChI=1S/C12H19BrN2O2/c1-4-15-8-10(13)7-11(15)12(17)14(3)6-5-9(2)16/h7-9,16H,4-6H2,1-3H3. The van der Waals surface area contributed by atoms with Crippen molar-refractivity contribution in [2.75, 3.05) is 13.6 Å². The Morgan fingerprint density at radius 1 is 1.65 bits per heavy atom. The fraction of sp³-hybridized carbons (Fsp3) is 0.583. The van der Waals surface area contributed by atoms with Gasteiger partial charge in [0, 0.05) is 30.8 Å². The number of amides is 1. The molecule has 0 bridgehead atoms. The van der Waals surface area contributed by atoms with E-state index < -0.39 is 0 Å². The van der Waals surface area contributed by atoms with Gasteiger partial charge in [0.25, 0.3) is 5.91 Å². The van der Waals surface area contributed by atoms with Crippen molar-refractivity contribution >= 4 is 21.8 Å². The average Bonchev–Trinajstić information content (AvgIpc) is 2.66. The predicted molar refractivity (Wildman–Crippen MR) is 71.1 cm³/mol. The molecule has 0 saturated heterocycles. The van der Waals surface area contributed by atoms with Gasteiger partial charge in [-0.15, -0.1) is 0 Å². The van der Waals surface area contributed by atoms with E-state index in [1.807, 2.05) is 23.8 Å². The average molecular weight is 303 g/mol. The molecule has 1 rings (SSSR count). The molecule has 1 N–H and O–H groups in total. The van der Waals surface area contributed by atoms with Crippen molar-refractivity contribution in [3.8, 4) is 0 Å². The van der Waals surface area contributed by atoms with E-state index in [9.17, 15) is 9.90 Å². The first-order chi connectivity index (χ1) is 7.95. The number of aliphatic hydroxyl groups is 1. The Bertz CT molecular complexity index is 388. The van der Waals surface area contributed by atoms with E-state index in [2.05, 4.69) is 15.9 Å². The molecule has 17 heavy (non-hydrogen) atoms. The molecule has 1 aromatic rings. The van der Waals surface area contributed by atoms with Crippen molar-refractivity contribution in [2.24, 2.45) is 0 Å². The fourth-order valence-corrected chi connectivity index (χ4v) is 2.06. The van der Waals surface area contributed by atoms with Crippen molar-refractivity contribution in [3.05, 3.63) is 22.4 Å². The van der Waals surface area contributed by atoms with Crippen LogP contribution >= 0.6 is 15.9 Å². The molecule has 0 aliphatic carbocycles. The minimum atomic E-state index is -0.380. The van der Waals surface area contributed by atoms with Crippen LogP contribution in [0.25, 0.3) is 0 Å². The fourth-order valence-electron chi connectivity index (χ4n) is 1.59. The van der Waals surface area contributed by atoms with Gasteiger partial charge in [-0.2, -0.15) is 0 Å². The molecular weight excluding hydrogens is 284 g/mol. The first-order valence-electron chi connectivity index (χ1n) is 5.75. The quantitative estimate of drug-likeness (QED) is 0.905. The molecule has 0 aliphatic heterocycles. The summed E-state index contributed by atoms with van der Waals surface area (Å²) in [5.41, 5.74) is 0.674. The Labute approximate surface area is 110 Å². The van der Waals surface area contributed by atoms with Crippen LogP contribution in [0.4, 0.5) is 0 Å². The third-order valence-electron chi connectivity index (χ3n) is 2.65. The van der Waals surface area contributed by atoms with Crippen LogP contribution in [0.3, 0.4) is 0 Å². The second-order valence-corrected chi connectivity index (χ2v) is 5.11. The van der Waals surface area contributed by atoms with Gasteiger partial charge < -0.3 is 14.6 Å². The van der Waals surface area contributed by atoms with Crippen LogP contribution in [0.5, 0.6) is 0 Å². The molecule has 0 saturated carbocycles. The van der Waals surface area contributed by atoms with Crippen molar-refractivity contribution in [2.45, 2.75) is 32.9 Å². The van der Waals surface area contributed by atoms with Crippen LogP contribution in [0.15, 0.2) is 16.7 Å². The molecule has 1 amide bonds. The van der Waals surface area contributed by atoms with Gasteiger partial charge in [-0.25, -0.2) is 0 Å². The van der Waals surface area contributed by atoms with Gasteiger partial charge in [-0.3, -0.25) is 4.79 Å². The number of hydrogen-bond donors (Lipinski definition) is 1. The molecule has 96 valence electrons. The van der Waals surface area contributed by atoms with Gasteiger partial charge in [0.2, 0.25) is 0 Å². The molecule has 1 unspecified atom stereocenters. The highest BCUT2D eigenvalue weighted by molar-refractivity contribution is 9.10. The van der Waals surface area contributed by atoms with E-state index in [1.54, 1.807) is 18.9 Å². The first kappa shape index (κ1) is 14.3. The first-order valence-corrected chi connectivity index (χ1v) is 6.54. The largest absolute Gasteiger partial charge is 0.393 e. The summed E-state index contributed by atoms with van der Waals surface area (Å²) in [4.78, 5) is 13.8. The summed E-state index contributed by atoms with van der Waals surface area (Å²) in [6.45, 7) is 5.04. The lowest BCUT2D eigenvalue weighted by molar-refractivity contribution is 0.0758. The molecule has 1 heterocycles. The summed E-state index contributed by atoms with van der Waals surface area (Å²) >= 11 is 3.37. The minimum Gasteiger partial charge on any atom is -0.393 e. The van der Waals surface area contributed by atoms with Gasteiger partial charge in [-0.05, 0) is 42.3 Å². The van der Waals surface area contributed by atoms with E-state index in [-0.39, 0.29) is 12.0 Å². The summed E-state index contributed by atoms with van der Waals surface area (Å²) in [6.07, 6.45) is 2.11. The van der Waals surface area contributed by atoms with Crippen LogP contribution in [-0.2, 0) is 6.54 Å². The molecule has 0 radical (unpaired) electrons. The second kappa shape index (κ2) is 6.21. The third kappa shape index (κ3) is 3.85. The number of halogens is 1. The molecule has 5 heteroatoms. The number of carbonyl (C=O) groups excluding carboxylic acids is 1. The Hall–Kier alpha value is -0.810. The van der Waals surface area contributed by atoms with Crippen molar-refractivity contribution in [1.29, 1.82) is 0 Å². The number of nitrogens with zero attached hydrogens (tertiary/aromatic N) is 2. The summed E-state index contributed by atoms with van der Waals surface area (Å²) in [6, 6.07) is 1.82. The molecule has 0 spiro atoms. The molecule has 4 nitrogen and oxygen atoms in total. The van der Waals surface area contributed by atoms with Gasteiger partial charge in [0.1, 0.15) is 5.69 Å². The summed E-state index contributed by atoms with van der Waals surface area (Å²) in [5, 5.41) is 9.21. The third-order valence-corrected chi connectivity index (χ3v) is 3.09. The van der Waals surface area contributed by atoms with Crippen LogP contribution in [0, 0.1) is 0 Å². The summed E-state index contributed by atoms with van der Waals surface area (Å²) < 4.78 is 2.82. The van der Waals surface area contributed by atoms with Gasteiger partial charge in [0.05, 0.1) is 6.10 Å². The summed E-state index contributed by atoms with van der Waals surface area (Å²) in [7, 11) is 1.76. The van der Waals surface area contributed by atoms with Crippen LogP contribution in [0.1, 0.15) is 30.8 Å². The Balaban J connectivity index is 2.74. The maximum Gasteiger partial charge on any atom is 0.270 e. The zero-order valence-electron chi connectivity index (χ0n) is 10.5. The molecule has 1 atom stereocenters. The van der Waals surface area contributed by atoms with Crippen LogP contribution < -0.4 is 0 Å². The highest BCUT2D eigenvalue weighted by Gasteiger charge is 2.16. The molecule has 0 aromatic carbocycles. The Morgan fingerprint density at radius 3 is 2.82 bits per heavy atom. The van der Waals surface area contributed by atoms with Crippen molar-refractivity contribution in [1.82, 2.24) is 9.47 Å². The van der Waals surface area contributed by atoms with E-state index >= 15 is 0 Å². The lowest BCUT2D eigenvalue weighted by Gasteiger charge is -2.18. The lowest BCUT2D eigenvalue weighted by Crippen LogP contribution is -2.30. The van der Waals surface area contributed by atoms with E-state index in [4.69, 9.17) is 0 Å². The van der Waals surface area contributed by atoms with Crippen LogP contribution in [-0.4, -0.2) is 40.2 Å². The van der Waals surface area contributed by atoms with Crippen LogP contribution in [0.2, 0.25) is 0 Å². The highest BCUT2D eigenvalue weighted by Crippen LogP contribution is 2.16. The number of carbonyl (C=O) groups is 1. The smallest absolute Gasteiger partial charge is 0.270 e. The molecular formula is C12H19BrN2O2. The molecule has 0 aliphatic rings. The number of rotatable bonds is 5. The van der Waals surface area contributed by atoms with Crippen molar-refractivity contribution < 1.29 is 9.90 Å². The monoisotopic (exact) mass is 302 g/mol. The SMILES string of the molecule is CCn1cc(Br)cc1C(=O)N(C)CCC(C)O. The molecule has 1 aromatic heterocycles. The summed E-state index contributed by atoms with van der Waals surface area (Å²) in [5.74, 6) is -0.0156. The Kier molecular flexibility index (Phi) is 5.21. The maximum atomic E-state index is 12.2. The Morgan fingerprint density at radius 2 is 2.29 bits per heavy atom. The minimum absolute atomic E-state index is 0.0156. The lowest BCUT2D eigenvalue weighted by atomic mass is 10.2. The maximum absolute atomic E-state index is 12.2. The normalized spacial score (nSPS) is 12.5. The predicted octanol–water partition coefficient (Wildman–Crippen LogP) is 2.11. The second-order valence-electron chi connectivity index (χ2n) is 4.19. The number of hydrogen-bond acceptors (Lipinski definition) is 2. The van der Waals surface area contributed by atoms with E-state index in [0.29, 0.717) is 18.7 Å². The van der Waals surface area contributed by atoms with Gasteiger partial charge >= 0.3 is 0 Å². The van der Waals surface area contributed by atoms with Gasteiger partial charge in [-0.1, -0.05) is 0 Å². The van der Waals surface area contributed by atoms with E-state index in [1.165, 1.54) is 0 Å². The zero-order valence-corrected chi connectivity index (χ0v) is 12.1. The molecule has 0 fully saturated rings.